The van der Waals surface area contributed by atoms with E-state index in [-0.39, 0.29) is 18.2 Å². The molecule has 1 fully saturated rings. The normalized spacial score (nSPS) is 16.9. The molecular weight excluding hydrogens is 417 g/mol. The molecule has 0 amide bonds. The van der Waals surface area contributed by atoms with Crippen LogP contribution in [0.15, 0.2) is 24.3 Å². The molecule has 2 aromatic rings. The van der Waals surface area contributed by atoms with Gasteiger partial charge in [-0.05, 0) is 36.8 Å². The van der Waals surface area contributed by atoms with Gasteiger partial charge in [-0.1, -0.05) is 49.1 Å². The number of anilines is 1. The Morgan fingerprint density at radius 2 is 1.97 bits per heavy atom. The molecule has 2 aliphatic rings. The van der Waals surface area contributed by atoms with Crippen LogP contribution < -0.4 is 5.32 Å². The number of aromatic nitrogens is 2. The van der Waals surface area contributed by atoms with E-state index >= 15 is 0 Å². The summed E-state index contributed by atoms with van der Waals surface area (Å²) in [6.07, 6.45) is 8.55. The van der Waals surface area contributed by atoms with Crippen LogP contribution in [0.4, 0.5) is 5.82 Å². The molecule has 7 heteroatoms. The third kappa shape index (κ3) is 5.63. The van der Waals surface area contributed by atoms with Crippen molar-refractivity contribution >= 4 is 29.8 Å². The number of fused-ring (bicyclic) bond motifs is 1. The van der Waals surface area contributed by atoms with Crippen molar-refractivity contribution in [2.75, 3.05) is 25.0 Å². The molecule has 4 rings (SSSR count). The van der Waals surface area contributed by atoms with Crippen molar-refractivity contribution in [1.29, 1.82) is 5.26 Å². The average molecular weight is 446 g/mol. The smallest absolute Gasteiger partial charge is 0.234 e. The number of halogens is 2. The summed E-state index contributed by atoms with van der Waals surface area (Å²) in [7, 11) is 0. The highest BCUT2D eigenvalue weighted by molar-refractivity contribution is 6.31. The van der Waals surface area contributed by atoms with Crippen molar-refractivity contribution in [3.8, 4) is 6.07 Å². The number of rotatable bonds is 6. The van der Waals surface area contributed by atoms with E-state index in [0.717, 1.165) is 66.1 Å². The Labute approximate surface area is 190 Å². The summed E-state index contributed by atoms with van der Waals surface area (Å²) in [5.41, 5.74) is 3.30. The van der Waals surface area contributed by atoms with E-state index in [1.54, 1.807) is 0 Å². The van der Waals surface area contributed by atoms with Gasteiger partial charge < -0.3 is 5.32 Å². The van der Waals surface area contributed by atoms with Gasteiger partial charge in [-0.3, -0.25) is 4.90 Å². The molecule has 1 aromatic heterocycles. The molecule has 0 radical (unpaired) electrons. The topological polar surface area (TPSA) is 64.8 Å². The summed E-state index contributed by atoms with van der Waals surface area (Å²) >= 11 is 6.28. The molecule has 0 saturated heterocycles. The van der Waals surface area contributed by atoms with Crippen molar-refractivity contribution in [3.05, 3.63) is 51.9 Å². The molecule has 1 N–H and O–H groups in total. The standard InChI is InChI=1S/C23H28ClN5.ClH/c24-20-9-5-4-8-18(20)10-12-26-23-19-16-29(15-17-6-2-1-3-7-17)13-11-21(19)27-22(14-25)28-23;/h4-5,8-9,17H,1-3,6-7,10-13,15-16H2,(H,26,27,28);1H. The van der Waals surface area contributed by atoms with Crippen LogP contribution in [0.3, 0.4) is 0 Å². The zero-order valence-electron chi connectivity index (χ0n) is 17.2. The number of nitrogens with one attached hydrogen (secondary N) is 1. The SMILES string of the molecule is Cl.N#Cc1nc2c(c(NCCc3ccccc3Cl)n1)CN(CC1CCCCC1)CC2. The minimum atomic E-state index is 0. The van der Waals surface area contributed by atoms with E-state index in [9.17, 15) is 5.26 Å². The van der Waals surface area contributed by atoms with Gasteiger partial charge in [0.1, 0.15) is 11.9 Å². The number of benzene rings is 1. The first-order chi connectivity index (χ1) is 14.2. The number of nitriles is 1. The van der Waals surface area contributed by atoms with Crippen LogP contribution in [0, 0.1) is 17.2 Å². The lowest BCUT2D eigenvalue weighted by Crippen LogP contribution is -2.36. The zero-order valence-corrected chi connectivity index (χ0v) is 18.8. The fraction of sp³-hybridized carbons (Fsp3) is 0.522. The van der Waals surface area contributed by atoms with Crippen molar-refractivity contribution in [3.63, 3.8) is 0 Å². The first kappa shape index (κ1) is 22.8. The molecule has 5 nitrogen and oxygen atoms in total. The van der Waals surface area contributed by atoms with E-state index in [4.69, 9.17) is 11.6 Å². The maximum absolute atomic E-state index is 9.34. The summed E-state index contributed by atoms with van der Waals surface area (Å²) in [4.78, 5) is 11.5. The van der Waals surface area contributed by atoms with E-state index in [1.807, 2.05) is 24.3 Å². The molecule has 30 heavy (non-hydrogen) atoms. The Morgan fingerprint density at radius 3 is 2.73 bits per heavy atom. The Balaban J connectivity index is 0.00000256. The van der Waals surface area contributed by atoms with Crippen LogP contribution >= 0.6 is 24.0 Å². The molecule has 2 heterocycles. The molecule has 0 bridgehead atoms. The fourth-order valence-corrected chi connectivity index (χ4v) is 4.80. The van der Waals surface area contributed by atoms with Gasteiger partial charge in [0.15, 0.2) is 0 Å². The van der Waals surface area contributed by atoms with Gasteiger partial charge in [0.25, 0.3) is 0 Å². The summed E-state index contributed by atoms with van der Waals surface area (Å²) < 4.78 is 0. The Bertz CT molecular complexity index is 890. The minimum absolute atomic E-state index is 0. The Hall–Kier alpha value is -1.87. The second kappa shape index (κ2) is 10.9. The first-order valence-corrected chi connectivity index (χ1v) is 11.1. The van der Waals surface area contributed by atoms with Gasteiger partial charge in [0.2, 0.25) is 5.82 Å². The number of nitrogens with zero attached hydrogens (tertiary/aromatic N) is 4. The highest BCUT2D eigenvalue weighted by Gasteiger charge is 2.25. The zero-order chi connectivity index (χ0) is 20.1. The largest absolute Gasteiger partial charge is 0.369 e. The maximum Gasteiger partial charge on any atom is 0.234 e. The summed E-state index contributed by atoms with van der Waals surface area (Å²) in [6.45, 7) is 3.77. The minimum Gasteiger partial charge on any atom is -0.369 e. The Morgan fingerprint density at radius 1 is 1.17 bits per heavy atom. The molecule has 1 saturated carbocycles. The summed E-state index contributed by atoms with van der Waals surface area (Å²) in [5, 5.41) is 13.6. The summed E-state index contributed by atoms with van der Waals surface area (Å²) in [5.74, 6) is 1.89. The van der Waals surface area contributed by atoms with Gasteiger partial charge in [-0.15, -0.1) is 12.4 Å². The third-order valence-corrected chi connectivity index (χ3v) is 6.49. The molecule has 1 aromatic carbocycles. The van der Waals surface area contributed by atoms with Crippen LogP contribution in [-0.4, -0.2) is 34.5 Å². The Kier molecular flexibility index (Phi) is 8.32. The molecular formula is C23H29Cl2N5. The number of hydrogen-bond donors (Lipinski definition) is 1. The predicted molar refractivity (Wildman–Crippen MR) is 123 cm³/mol. The van der Waals surface area contributed by atoms with Crippen molar-refractivity contribution in [1.82, 2.24) is 14.9 Å². The lowest BCUT2D eigenvalue weighted by Gasteiger charge is -2.33. The fourth-order valence-electron chi connectivity index (χ4n) is 4.57. The molecule has 0 atom stereocenters. The second-order valence-electron chi connectivity index (χ2n) is 8.19. The van der Waals surface area contributed by atoms with Gasteiger partial charge in [-0.25, -0.2) is 9.97 Å². The third-order valence-electron chi connectivity index (χ3n) is 6.13. The second-order valence-corrected chi connectivity index (χ2v) is 8.60. The first-order valence-electron chi connectivity index (χ1n) is 10.7. The molecule has 0 unspecified atom stereocenters. The predicted octanol–water partition coefficient (Wildman–Crippen LogP) is 5.02. The quantitative estimate of drug-likeness (QED) is 0.675. The van der Waals surface area contributed by atoms with Crippen LogP contribution in [0.1, 0.15) is 54.7 Å². The van der Waals surface area contributed by atoms with E-state index in [1.165, 1.54) is 38.6 Å². The monoisotopic (exact) mass is 445 g/mol. The van der Waals surface area contributed by atoms with Gasteiger partial charge in [-0.2, -0.15) is 5.26 Å². The van der Waals surface area contributed by atoms with Crippen LogP contribution in [0.25, 0.3) is 0 Å². The van der Waals surface area contributed by atoms with Crippen LogP contribution in [-0.2, 0) is 19.4 Å². The average Bonchev–Trinajstić information content (AvgIpc) is 2.76. The molecule has 1 aliphatic heterocycles. The van der Waals surface area contributed by atoms with E-state index in [0.29, 0.717) is 0 Å². The van der Waals surface area contributed by atoms with Crippen molar-refractivity contribution in [2.24, 2.45) is 5.92 Å². The van der Waals surface area contributed by atoms with Crippen LogP contribution in [0.2, 0.25) is 5.02 Å². The lowest BCUT2D eigenvalue weighted by atomic mass is 9.88. The van der Waals surface area contributed by atoms with Gasteiger partial charge >= 0.3 is 0 Å². The highest BCUT2D eigenvalue weighted by atomic mass is 35.5. The maximum atomic E-state index is 9.34. The van der Waals surface area contributed by atoms with E-state index in [2.05, 4.69) is 26.3 Å². The lowest BCUT2D eigenvalue weighted by molar-refractivity contribution is 0.186. The molecule has 160 valence electrons. The molecule has 1 aliphatic carbocycles. The summed E-state index contributed by atoms with van der Waals surface area (Å²) in [6, 6.07) is 10.0. The number of hydrogen-bond acceptors (Lipinski definition) is 5. The van der Waals surface area contributed by atoms with Gasteiger partial charge in [0, 0.05) is 43.2 Å². The highest BCUT2D eigenvalue weighted by Crippen LogP contribution is 2.28. The van der Waals surface area contributed by atoms with Gasteiger partial charge in [0.05, 0.1) is 5.69 Å². The van der Waals surface area contributed by atoms with Crippen LogP contribution in [0.5, 0.6) is 0 Å². The molecule has 0 spiro atoms. The van der Waals surface area contributed by atoms with Crippen molar-refractivity contribution in [2.45, 2.75) is 51.5 Å². The van der Waals surface area contributed by atoms with E-state index < -0.39 is 0 Å². The van der Waals surface area contributed by atoms with Crippen molar-refractivity contribution < 1.29 is 0 Å².